The summed E-state index contributed by atoms with van der Waals surface area (Å²) >= 11 is 4.20. The summed E-state index contributed by atoms with van der Waals surface area (Å²) < 4.78 is 5.55. The minimum Gasteiger partial charge on any atom is -0.493 e. The standard InChI is InChI=1S/C10H12OS/c12-10-5-3-9(4-6-10)11-7-8-1-2-8/h3-6,8,12H,1-2,7H2. The highest BCUT2D eigenvalue weighted by atomic mass is 32.1. The Labute approximate surface area is 78.2 Å². The molecule has 0 amide bonds. The van der Waals surface area contributed by atoms with Gasteiger partial charge in [-0.1, -0.05) is 0 Å². The third-order valence-electron chi connectivity index (χ3n) is 2.02. The largest absolute Gasteiger partial charge is 0.493 e. The maximum atomic E-state index is 5.55. The van der Waals surface area contributed by atoms with Gasteiger partial charge in [0, 0.05) is 4.90 Å². The third-order valence-corrected chi connectivity index (χ3v) is 2.32. The van der Waals surface area contributed by atoms with Gasteiger partial charge in [0.2, 0.25) is 0 Å². The highest BCUT2D eigenvalue weighted by Gasteiger charge is 2.21. The van der Waals surface area contributed by atoms with Crippen molar-refractivity contribution >= 4 is 12.6 Å². The van der Waals surface area contributed by atoms with Crippen molar-refractivity contribution in [1.29, 1.82) is 0 Å². The predicted octanol–water partition coefficient (Wildman–Crippen LogP) is 2.76. The molecule has 12 heavy (non-hydrogen) atoms. The number of hydrogen-bond donors (Lipinski definition) is 1. The van der Waals surface area contributed by atoms with Gasteiger partial charge in [0.15, 0.2) is 0 Å². The van der Waals surface area contributed by atoms with Crippen molar-refractivity contribution in [2.45, 2.75) is 17.7 Å². The van der Waals surface area contributed by atoms with E-state index in [0.717, 1.165) is 23.2 Å². The van der Waals surface area contributed by atoms with Crippen molar-refractivity contribution in [3.63, 3.8) is 0 Å². The molecule has 2 rings (SSSR count). The minimum atomic E-state index is 0.820. The molecule has 0 aromatic heterocycles. The zero-order chi connectivity index (χ0) is 8.39. The quantitative estimate of drug-likeness (QED) is 0.704. The molecule has 0 bridgehead atoms. The van der Waals surface area contributed by atoms with E-state index in [1.54, 1.807) is 0 Å². The smallest absolute Gasteiger partial charge is 0.119 e. The molecule has 64 valence electrons. The molecule has 1 aliphatic rings. The average molecular weight is 180 g/mol. The number of hydrogen-bond acceptors (Lipinski definition) is 2. The van der Waals surface area contributed by atoms with Crippen molar-refractivity contribution < 1.29 is 4.74 Å². The van der Waals surface area contributed by atoms with Gasteiger partial charge in [-0.05, 0) is 43.0 Å². The zero-order valence-corrected chi connectivity index (χ0v) is 7.76. The normalized spacial score (nSPS) is 16.1. The predicted molar refractivity (Wildman–Crippen MR) is 51.9 cm³/mol. The van der Waals surface area contributed by atoms with E-state index >= 15 is 0 Å². The van der Waals surface area contributed by atoms with E-state index in [9.17, 15) is 0 Å². The highest BCUT2D eigenvalue weighted by molar-refractivity contribution is 7.80. The molecule has 0 unspecified atom stereocenters. The summed E-state index contributed by atoms with van der Waals surface area (Å²) in [6.07, 6.45) is 2.68. The van der Waals surface area contributed by atoms with Gasteiger partial charge in [-0.2, -0.15) is 0 Å². The molecule has 0 saturated heterocycles. The van der Waals surface area contributed by atoms with Gasteiger partial charge in [0.1, 0.15) is 5.75 Å². The summed E-state index contributed by atoms with van der Waals surface area (Å²) in [6.45, 7) is 0.881. The second-order valence-corrected chi connectivity index (χ2v) is 3.76. The van der Waals surface area contributed by atoms with E-state index in [2.05, 4.69) is 12.6 Å². The second-order valence-electron chi connectivity index (χ2n) is 3.25. The molecule has 1 saturated carbocycles. The Morgan fingerprint density at radius 2 is 1.92 bits per heavy atom. The van der Waals surface area contributed by atoms with Crippen LogP contribution in [0.3, 0.4) is 0 Å². The van der Waals surface area contributed by atoms with Crippen molar-refractivity contribution in [3.8, 4) is 5.75 Å². The summed E-state index contributed by atoms with van der Waals surface area (Å²) in [4.78, 5) is 0.980. The monoisotopic (exact) mass is 180 g/mol. The van der Waals surface area contributed by atoms with Crippen molar-refractivity contribution in [2.75, 3.05) is 6.61 Å². The first-order valence-electron chi connectivity index (χ1n) is 4.26. The van der Waals surface area contributed by atoms with Gasteiger partial charge in [-0.3, -0.25) is 0 Å². The summed E-state index contributed by atoms with van der Waals surface area (Å²) in [5.74, 6) is 1.78. The zero-order valence-electron chi connectivity index (χ0n) is 6.86. The molecule has 1 fully saturated rings. The van der Waals surface area contributed by atoms with E-state index in [0.29, 0.717) is 0 Å². The number of thiol groups is 1. The molecule has 0 N–H and O–H groups in total. The Bertz CT molecular complexity index is 251. The van der Waals surface area contributed by atoms with Crippen LogP contribution in [0, 0.1) is 5.92 Å². The highest BCUT2D eigenvalue weighted by Crippen LogP contribution is 2.29. The molecule has 0 heterocycles. The number of benzene rings is 1. The van der Waals surface area contributed by atoms with Gasteiger partial charge in [-0.25, -0.2) is 0 Å². The van der Waals surface area contributed by atoms with Crippen LogP contribution >= 0.6 is 12.6 Å². The lowest BCUT2D eigenvalue weighted by Gasteiger charge is -2.03. The number of ether oxygens (including phenoxy) is 1. The van der Waals surface area contributed by atoms with E-state index in [4.69, 9.17) is 4.74 Å². The van der Waals surface area contributed by atoms with Crippen LogP contribution in [0.1, 0.15) is 12.8 Å². The van der Waals surface area contributed by atoms with E-state index in [1.165, 1.54) is 12.8 Å². The van der Waals surface area contributed by atoms with E-state index in [-0.39, 0.29) is 0 Å². The van der Waals surface area contributed by atoms with Crippen LogP contribution in [0.15, 0.2) is 29.2 Å². The van der Waals surface area contributed by atoms with Crippen LogP contribution in [-0.4, -0.2) is 6.61 Å². The van der Waals surface area contributed by atoms with Crippen LogP contribution in [-0.2, 0) is 0 Å². The lowest BCUT2D eigenvalue weighted by molar-refractivity contribution is 0.299. The summed E-state index contributed by atoms with van der Waals surface area (Å²) in [5.41, 5.74) is 0. The Morgan fingerprint density at radius 3 is 2.50 bits per heavy atom. The average Bonchev–Trinajstić information content (AvgIpc) is 2.87. The summed E-state index contributed by atoms with van der Waals surface area (Å²) in [7, 11) is 0. The number of rotatable bonds is 3. The fourth-order valence-electron chi connectivity index (χ4n) is 1.04. The Kier molecular flexibility index (Phi) is 2.26. The molecule has 0 atom stereocenters. The Hall–Kier alpha value is -0.630. The van der Waals surface area contributed by atoms with Gasteiger partial charge < -0.3 is 4.74 Å². The molecular formula is C10H12OS. The van der Waals surface area contributed by atoms with Crippen LogP contribution in [0.25, 0.3) is 0 Å². The fraction of sp³-hybridized carbons (Fsp3) is 0.400. The van der Waals surface area contributed by atoms with Crippen LogP contribution in [0.5, 0.6) is 5.75 Å². The first kappa shape index (κ1) is 7.99. The van der Waals surface area contributed by atoms with Gasteiger partial charge in [-0.15, -0.1) is 12.6 Å². The topological polar surface area (TPSA) is 9.23 Å². The van der Waals surface area contributed by atoms with Gasteiger partial charge in [0.05, 0.1) is 6.61 Å². The van der Waals surface area contributed by atoms with Crippen LogP contribution in [0.2, 0.25) is 0 Å². The molecular weight excluding hydrogens is 168 g/mol. The summed E-state index contributed by atoms with van der Waals surface area (Å²) in [6, 6.07) is 7.83. The molecule has 0 spiro atoms. The van der Waals surface area contributed by atoms with Crippen molar-refractivity contribution in [3.05, 3.63) is 24.3 Å². The van der Waals surface area contributed by atoms with Gasteiger partial charge in [0.25, 0.3) is 0 Å². The Morgan fingerprint density at radius 1 is 1.25 bits per heavy atom. The Balaban J connectivity index is 1.89. The molecule has 2 heteroatoms. The molecule has 1 aliphatic carbocycles. The van der Waals surface area contributed by atoms with Crippen molar-refractivity contribution in [2.24, 2.45) is 5.92 Å². The fourth-order valence-corrected chi connectivity index (χ4v) is 1.19. The first-order chi connectivity index (χ1) is 5.84. The molecule has 1 nitrogen and oxygen atoms in total. The maximum absolute atomic E-state index is 5.55. The molecule has 0 aliphatic heterocycles. The van der Waals surface area contributed by atoms with E-state index < -0.39 is 0 Å². The molecule has 1 aromatic rings. The third kappa shape index (κ3) is 2.18. The lowest BCUT2D eigenvalue weighted by Crippen LogP contribution is -1.98. The minimum absolute atomic E-state index is 0.820. The molecule has 1 aromatic carbocycles. The summed E-state index contributed by atoms with van der Waals surface area (Å²) in [5, 5.41) is 0. The first-order valence-corrected chi connectivity index (χ1v) is 4.71. The van der Waals surface area contributed by atoms with Crippen LogP contribution < -0.4 is 4.74 Å². The van der Waals surface area contributed by atoms with E-state index in [1.807, 2.05) is 24.3 Å². The maximum Gasteiger partial charge on any atom is 0.119 e. The van der Waals surface area contributed by atoms with Crippen LogP contribution in [0.4, 0.5) is 0 Å². The second kappa shape index (κ2) is 3.40. The lowest BCUT2D eigenvalue weighted by atomic mass is 10.3. The van der Waals surface area contributed by atoms with Gasteiger partial charge >= 0.3 is 0 Å². The van der Waals surface area contributed by atoms with Crippen molar-refractivity contribution in [1.82, 2.24) is 0 Å². The molecule has 0 radical (unpaired) electrons. The SMILES string of the molecule is Sc1ccc(OCC2CC2)cc1.